The molecule has 5 fully saturated rings. The molecule has 0 amide bonds. The van der Waals surface area contributed by atoms with E-state index in [1.807, 2.05) is 0 Å². The van der Waals surface area contributed by atoms with Gasteiger partial charge in [0.1, 0.15) is 0 Å². The Hall–Kier alpha value is -0.0800. The molecule has 1 aliphatic heterocycles. The third kappa shape index (κ3) is 2.06. The fourth-order valence-electron chi connectivity index (χ4n) is 8.05. The number of ether oxygens (including phenoxy) is 2. The molecule has 0 aromatic rings. The summed E-state index contributed by atoms with van der Waals surface area (Å²) < 4.78 is 12.3. The standard InChI is InChI=1S/C21H34O2/c1-19-10-8-17-16(7-6-15-5-3-4-9-20(15,17)2)18(19)13-21(14-19)22-11-12-23-21/h15-18H,3-14H2,1-2H3/t15-,16+,17-,18-,19-,20-/m1/s1. The van der Waals surface area contributed by atoms with Gasteiger partial charge < -0.3 is 9.47 Å². The molecule has 23 heavy (non-hydrogen) atoms. The molecule has 6 atom stereocenters. The molecule has 5 aliphatic rings. The van der Waals surface area contributed by atoms with Gasteiger partial charge in [-0.2, -0.15) is 0 Å². The average Bonchev–Trinajstić information content (AvgIpc) is 3.10. The highest BCUT2D eigenvalue weighted by atomic mass is 16.7. The molecule has 0 unspecified atom stereocenters. The second-order valence-corrected chi connectivity index (χ2v) is 10.1. The van der Waals surface area contributed by atoms with Gasteiger partial charge in [0.25, 0.3) is 0 Å². The quantitative estimate of drug-likeness (QED) is 0.614. The molecule has 0 N–H and O–H groups in total. The van der Waals surface area contributed by atoms with E-state index in [4.69, 9.17) is 9.47 Å². The van der Waals surface area contributed by atoms with Crippen molar-refractivity contribution in [3.05, 3.63) is 0 Å². The van der Waals surface area contributed by atoms with Crippen LogP contribution in [0.25, 0.3) is 0 Å². The zero-order valence-electron chi connectivity index (χ0n) is 15.1. The fourth-order valence-corrected chi connectivity index (χ4v) is 8.05. The van der Waals surface area contributed by atoms with E-state index in [1.165, 1.54) is 57.8 Å². The molecule has 0 radical (unpaired) electrons. The van der Waals surface area contributed by atoms with E-state index in [1.54, 1.807) is 0 Å². The van der Waals surface area contributed by atoms with Crippen LogP contribution in [0.3, 0.4) is 0 Å². The summed E-state index contributed by atoms with van der Waals surface area (Å²) >= 11 is 0. The van der Waals surface area contributed by atoms with Crippen LogP contribution in [0.2, 0.25) is 0 Å². The van der Waals surface area contributed by atoms with Gasteiger partial charge in [-0.15, -0.1) is 0 Å². The Morgan fingerprint density at radius 2 is 1.65 bits per heavy atom. The molecular formula is C21H34O2. The summed E-state index contributed by atoms with van der Waals surface area (Å²) in [6.07, 6.45) is 14.2. The minimum absolute atomic E-state index is 0.196. The fraction of sp³-hybridized carbons (Fsp3) is 1.00. The predicted molar refractivity (Wildman–Crippen MR) is 91.0 cm³/mol. The highest BCUT2D eigenvalue weighted by Crippen LogP contribution is 2.68. The van der Waals surface area contributed by atoms with Crippen molar-refractivity contribution >= 4 is 0 Å². The van der Waals surface area contributed by atoms with Crippen LogP contribution < -0.4 is 0 Å². The largest absolute Gasteiger partial charge is 0.348 e. The van der Waals surface area contributed by atoms with Crippen LogP contribution >= 0.6 is 0 Å². The van der Waals surface area contributed by atoms with E-state index in [0.29, 0.717) is 10.8 Å². The summed E-state index contributed by atoms with van der Waals surface area (Å²) in [4.78, 5) is 0. The van der Waals surface area contributed by atoms with Crippen molar-refractivity contribution in [3.63, 3.8) is 0 Å². The maximum Gasteiger partial charge on any atom is 0.169 e. The molecule has 1 spiro atoms. The van der Waals surface area contributed by atoms with Gasteiger partial charge in [-0.1, -0.05) is 26.7 Å². The Morgan fingerprint density at radius 3 is 2.48 bits per heavy atom. The first-order valence-electron chi connectivity index (χ1n) is 10.3. The van der Waals surface area contributed by atoms with Crippen LogP contribution in [0.1, 0.15) is 78.1 Å². The Kier molecular flexibility index (Phi) is 3.29. The third-order valence-electron chi connectivity index (χ3n) is 9.12. The average molecular weight is 319 g/mol. The number of rotatable bonds is 0. The minimum atomic E-state index is -0.196. The maximum atomic E-state index is 6.15. The van der Waals surface area contributed by atoms with Gasteiger partial charge in [0, 0.05) is 12.8 Å². The summed E-state index contributed by atoms with van der Waals surface area (Å²) in [5.74, 6) is 3.60. The topological polar surface area (TPSA) is 18.5 Å². The van der Waals surface area contributed by atoms with Crippen LogP contribution in [0.4, 0.5) is 0 Å². The first-order valence-corrected chi connectivity index (χ1v) is 10.3. The number of fused-ring (bicyclic) bond motifs is 5. The van der Waals surface area contributed by atoms with Gasteiger partial charge in [0.2, 0.25) is 0 Å². The van der Waals surface area contributed by atoms with Crippen molar-refractivity contribution in [2.75, 3.05) is 13.2 Å². The first kappa shape index (κ1) is 15.2. The van der Waals surface area contributed by atoms with Crippen LogP contribution in [-0.4, -0.2) is 19.0 Å². The zero-order valence-corrected chi connectivity index (χ0v) is 15.1. The molecule has 0 aromatic heterocycles. The summed E-state index contributed by atoms with van der Waals surface area (Å²) in [6.45, 7) is 6.86. The number of hydrogen-bond donors (Lipinski definition) is 0. The highest BCUT2D eigenvalue weighted by Gasteiger charge is 2.63. The lowest BCUT2D eigenvalue weighted by Crippen LogP contribution is -2.51. The van der Waals surface area contributed by atoms with E-state index in [9.17, 15) is 0 Å². The molecular weight excluding hydrogens is 284 g/mol. The van der Waals surface area contributed by atoms with Crippen molar-refractivity contribution < 1.29 is 9.47 Å². The third-order valence-corrected chi connectivity index (χ3v) is 9.12. The van der Waals surface area contributed by atoms with E-state index in [0.717, 1.165) is 43.3 Å². The van der Waals surface area contributed by atoms with Gasteiger partial charge in [-0.3, -0.25) is 0 Å². The molecule has 2 nitrogen and oxygen atoms in total. The van der Waals surface area contributed by atoms with Crippen molar-refractivity contribution in [1.82, 2.24) is 0 Å². The first-order chi connectivity index (χ1) is 11.0. The monoisotopic (exact) mass is 318 g/mol. The molecule has 0 aromatic carbocycles. The van der Waals surface area contributed by atoms with Crippen LogP contribution in [0, 0.1) is 34.5 Å². The second kappa shape index (κ2) is 4.97. The van der Waals surface area contributed by atoms with Crippen LogP contribution in [0.5, 0.6) is 0 Å². The lowest BCUT2D eigenvalue weighted by molar-refractivity contribution is -0.157. The lowest BCUT2D eigenvalue weighted by Gasteiger charge is -2.59. The highest BCUT2D eigenvalue weighted by molar-refractivity contribution is 5.10. The summed E-state index contributed by atoms with van der Waals surface area (Å²) in [5, 5.41) is 0. The van der Waals surface area contributed by atoms with E-state index >= 15 is 0 Å². The summed E-state index contributed by atoms with van der Waals surface area (Å²) in [7, 11) is 0. The Balaban J connectivity index is 1.45. The molecule has 4 saturated carbocycles. The Bertz CT molecular complexity index is 482. The van der Waals surface area contributed by atoms with Gasteiger partial charge in [-0.05, 0) is 73.0 Å². The smallest absolute Gasteiger partial charge is 0.169 e. The van der Waals surface area contributed by atoms with Crippen molar-refractivity contribution in [3.8, 4) is 0 Å². The van der Waals surface area contributed by atoms with Crippen molar-refractivity contribution in [2.24, 2.45) is 34.5 Å². The summed E-state index contributed by atoms with van der Waals surface area (Å²) in [6, 6.07) is 0. The summed E-state index contributed by atoms with van der Waals surface area (Å²) in [5.41, 5.74) is 1.12. The molecule has 0 bridgehead atoms. The maximum absolute atomic E-state index is 6.15. The van der Waals surface area contributed by atoms with Gasteiger partial charge in [0.05, 0.1) is 13.2 Å². The SMILES string of the molecule is C[C@]12CC[C@@H]3[C@H](CC[C@H]4CCCC[C@]43C)[C@H]1CC1(C2)OCCO1. The van der Waals surface area contributed by atoms with Gasteiger partial charge in [-0.25, -0.2) is 0 Å². The second-order valence-electron chi connectivity index (χ2n) is 10.1. The van der Waals surface area contributed by atoms with E-state index in [-0.39, 0.29) is 5.79 Å². The van der Waals surface area contributed by atoms with Crippen LogP contribution in [-0.2, 0) is 9.47 Å². The minimum Gasteiger partial charge on any atom is -0.348 e. The molecule has 130 valence electrons. The van der Waals surface area contributed by atoms with E-state index in [2.05, 4.69) is 13.8 Å². The molecule has 1 saturated heterocycles. The Morgan fingerprint density at radius 1 is 0.826 bits per heavy atom. The van der Waals surface area contributed by atoms with Gasteiger partial charge in [0.15, 0.2) is 5.79 Å². The molecule has 2 heteroatoms. The normalized spacial score (nSPS) is 54.5. The molecule has 1 heterocycles. The molecule has 4 aliphatic carbocycles. The van der Waals surface area contributed by atoms with E-state index < -0.39 is 0 Å². The molecule has 5 rings (SSSR count). The lowest BCUT2D eigenvalue weighted by atomic mass is 9.45. The Labute approximate surface area is 141 Å². The van der Waals surface area contributed by atoms with Crippen molar-refractivity contribution in [1.29, 1.82) is 0 Å². The van der Waals surface area contributed by atoms with Crippen LogP contribution in [0.15, 0.2) is 0 Å². The predicted octanol–water partition coefficient (Wildman–Crippen LogP) is 5.16. The zero-order chi connectivity index (χ0) is 15.7. The van der Waals surface area contributed by atoms with Crippen molar-refractivity contribution in [2.45, 2.75) is 83.8 Å². The number of hydrogen-bond acceptors (Lipinski definition) is 2. The van der Waals surface area contributed by atoms with Gasteiger partial charge >= 0.3 is 0 Å².